The van der Waals surface area contributed by atoms with Crippen LogP contribution in [0.1, 0.15) is 23.1 Å². The minimum absolute atomic E-state index is 0.00995. The quantitative estimate of drug-likeness (QED) is 0.919. The Morgan fingerprint density at radius 2 is 1.69 bits per heavy atom. The summed E-state index contributed by atoms with van der Waals surface area (Å²) in [6.07, 6.45) is 3.58. The molecular formula is C21H24FN3O. The van der Waals surface area contributed by atoms with Gasteiger partial charge in [0.1, 0.15) is 5.82 Å². The summed E-state index contributed by atoms with van der Waals surface area (Å²) in [7, 11) is 0. The molecule has 136 valence electrons. The molecule has 4 nitrogen and oxygen atoms in total. The van der Waals surface area contributed by atoms with Gasteiger partial charge in [-0.25, -0.2) is 9.18 Å². The van der Waals surface area contributed by atoms with E-state index in [4.69, 9.17) is 0 Å². The van der Waals surface area contributed by atoms with Gasteiger partial charge in [-0.15, -0.1) is 0 Å². The number of urea groups is 1. The number of benzene rings is 2. The Kier molecular flexibility index (Phi) is 4.78. The largest absolute Gasteiger partial charge is 0.368 e. The van der Waals surface area contributed by atoms with Crippen molar-refractivity contribution in [3.05, 3.63) is 65.0 Å². The van der Waals surface area contributed by atoms with Crippen LogP contribution in [0.2, 0.25) is 0 Å². The first kappa shape index (κ1) is 16.9. The van der Waals surface area contributed by atoms with Crippen LogP contribution in [-0.4, -0.2) is 37.1 Å². The maximum atomic E-state index is 13.0. The fourth-order valence-electron chi connectivity index (χ4n) is 3.84. The van der Waals surface area contributed by atoms with E-state index in [0.29, 0.717) is 19.6 Å². The molecule has 0 spiro atoms. The van der Waals surface area contributed by atoms with Crippen molar-refractivity contribution in [2.45, 2.75) is 25.8 Å². The third-order valence-electron chi connectivity index (χ3n) is 5.37. The molecule has 0 saturated carbocycles. The molecule has 1 saturated heterocycles. The van der Waals surface area contributed by atoms with E-state index in [-0.39, 0.29) is 11.8 Å². The Hall–Kier alpha value is -2.56. The Morgan fingerprint density at radius 3 is 2.46 bits per heavy atom. The van der Waals surface area contributed by atoms with E-state index < -0.39 is 0 Å². The van der Waals surface area contributed by atoms with Gasteiger partial charge in [-0.2, -0.15) is 0 Å². The molecule has 2 aromatic rings. The van der Waals surface area contributed by atoms with Crippen molar-refractivity contribution in [1.82, 2.24) is 10.2 Å². The van der Waals surface area contributed by atoms with Gasteiger partial charge < -0.3 is 15.1 Å². The zero-order valence-corrected chi connectivity index (χ0v) is 14.9. The normalized spacial score (nSPS) is 16.5. The first-order chi connectivity index (χ1) is 12.7. The van der Waals surface area contributed by atoms with Crippen molar-refractivity contribution >= 4 is 11.7 Å². The predicted octanol–water partition coefficient (Wildman–Crippen LogP) is 3.35. The number of hydrogen-bond acceptors (Lipinski definition) is 2. The van der Waals surface area contributed by atoms with Gasteiger partial charge in [0.05, 0.1) is 0 Å². The maximum absolute atomic E-state index is 13.0. The number of carbonyl (C=O) groups is 1. The van der Waals surface area contributed by atoms with E-state index in [1.54, 1.807) is 12.1 Å². The molecule has 0 atom stereocenters. The SMILES string of the molecule is O=C(NCc1ccc2c(c1)CCC2)N1CCN(c2ccc(F)cc2)CC1. The first-order valence-electron chi connectivity index (χ1n) is 9.33. The molecule has 1 heterocycles. The average molecular weight is 353 g/mol. The monoisotopic (exact) mass is 353 g/mol. The smallest absolute Gasteiger partial charge is 0.317 e. The molecule has 0 aromatic heterocycles. The lowest BCUT2D eigenvalue weighted by molar-refractivity contribution is 0.194. The number of piperazine rings is 1. The number of aryl methyl sites for hydroxylation is 2. The fourth-order valence-corrected chi connectivity index (χ4v) is 3.84. The van der Waals surface area contributed by atoms with Gasteiger partial charge in [-0.3, -0.25) is 0 Å². The van der Waals surface area contributed by atoms with Gasteiger partial charge in [-0.05, 0) is 60.2 Å². The van der Waals surface area contributed by atoms with Crippen LogP contribution in [0.3, 0.4) is 0 Å². The molecule has 1 fully saturated rings. The fraction of sp³-hybridized carbons (Fsp3) is 0.381. The highest BCUT2D eigenvalue weighted by Crippen LogP contribution is 2.23. The van der Waals surface area contributed by atoms with Gasteiger partial charge in [-0.1, -0.05) is 18.2 Å². The van der Waals surface area contributed by atoms with Crippen LogP contribution in [0, 0.1) is 5.82 Å². The summed E-state index contributed by atoms with van der Waals surface area (Å²) in [5.41, 5.74) is 5.07. The van der Waals surface area contributed by atoms with Gasteiger partial charge in [0.25, 0.3) is 0 Å². The van der Waals surface area contributed by atoms with Crippen LogP contribution in [0.5, 0.6) is 0 Å². The molecule has 2 aromatic carbocycles. The van der Waals surface area contributed by atoms with Crippen molar-refractivity contribution in [3.8, 4) is 0 Å². The number of fused-ring (bicyclic) bond motifs is 1. The minimum Gasteiger partial charge on any atom is -0.368 e. The molecule has 0 bridgehead atoms. The number of amides is 2. The lowest BCUT2D eigenvalue weighted by Gasteiger charge is -2.36. The lowest BCUT2D eigenvalue weighted by Crippen LogP contribution is -2.51. The number of rotatable bonds is 3. The molecule has 1 aliphatic carbocycles. The molecule has 26 heavy (non-hydrogen) atoms. The molecule has 0 radical (unpaired) electrons. The van der Waals surface area contributed by atoms with E-state index in [0.717, 1.165) is 25.2 Å². The summed E-state index contributed by atoms with van der Waals surface area (Å²) >= 11 is 0. The average Bonchev–Trinajstić information content (AvgIpc) is 3.15. The van der Waals surface area contributed by atoms with Crippen molar-refractivity contribution < 1.29 is 9.18 Å². The number of hydrogen-bond donors (Lipinski definition) is 1. The van der Waals surface area contributed by atoms with Crippen LogP contribution in [0.25, 0.3) is 0 Å². The Balaban J connectivity index is 1.27. The van der Waals surface area contributed by atoms with E-state index >= 15 is 0 Å². The maximum Gasteiger partial charge on any atom is 0.317 e. The second-order valence-electron chi connectivity index (χ2n) is 7.07. The predicted molar refractivity (Wildman–Crippen MR) is 101 cm³/mol. The van der Waals surface area contributed by atoms with E-state index in [2.05, 4.69) is 28.4 Å². The van der Waals surface area contributed by atoms with Crippen molar-refractivity contribution in [2.24, 2.45) is 0 Å². The molecule has 4 rings (SSSR count). The highest BCUT2D eigenvalue weighted by molar-refractivity contribution is 5.74. The van der Waals surface area contributed by atoms with Crippen molar-refractivity contribution in [2.75, 3.05) is 31.1 Å². The van der Waals surface area contributed by atoms with Crippen LogP contribution >= 0.6 is 0 Å². The van der Waals surface area contributed by atoms with Gasteiger partial charge in [0.15, 0.2) is 0 Å². The zero-order chi connectivity index (χ0) is 17.9. The summed E-state index contributed by atoms with van der Waals surface area (Å²) in [5.74, 6) is -0.224. The molecular weight excluding hydrogens is 329 g/mol. The van der Waals surface area contributed by atoms with Crippen LogP contribution in [-0.2, 0) is 19.4 Å². The van der Waals surface area contributed by atoms with Gasteiger partial charge in [0.2, 0.25) is 0 Å². The molecule has 2 amide bonds. The van der Waals surface area contributed by atoms with Crippen LogP contribution in [0.15, 0.2) is 42.5 Å². The molecule has 1 N–H and O–H groups in total. The second kappa shape index (κ2) is 7.36. The van der Waals surface area contributed by atoms with Gasteiger partial charge in [0, 0.05) is 38.4 Å². The molecule has 5 heteroatoms. The summed E-state index contributed by atoms with van der Waals surface area (Å²) in [4.78, 5) is 16.5. The van der Waals surface area contributed by atoms with Gasteiger partial charge >= 0.3 is 6.03 Å². The standard InChI is InChI=1S/C21H24FN3O/c22-19-6-8-20(9-7-19)24-10-12-25(13-11-24)21(26)23-15-16-4-5-17-2-1-3-18(17)14-16/h4-9,14H,1-3,10-13,15H2,(H,23,26). The summed E-state index contributed by atoms with van der Waals surface area (Å²) < 4.78 is 13.0. The molecule has 1 aliphatic heterocycles. The van der Waals surface area contributed by atoms with Crippen molar-refractivity contribution in [3.63, 3.8) is 0 Å². The lowest BCUT2D eigenvalue weighted by atomic mass is 10.1. The summed E-state index contributed by atoms with van der Waals surface area (Å²) in [6, 6.07) is 13.1. The van der Waals surface area contributed by atoms with E-state index in [9.17, 15) is 9.18 Å². The van der Waals surface area contributed by atoms with E-state index in [1.165, 1.54) is 41.7 Å². The third-order valence-corrected chi connectivity index (χ3v) is 5.37. The Bertz CT molecular complexity index is 782. The zero-order valence-electron chi connectivity index (χ0n) is 14.9. The van der Waals surface area contributed by atoms with Crippen LogP contribution in [0.4, 0.5) is 14.9 Å². The number of halogens is 1. The number of nitrogens with one attached hydrogen (secondary N) is 1. The highest BCUT2D eigenvalue weighted by atomic mass is 19.1. The Labute approximate surface area is 153 Å². The first-order valence-corrected chi connectivity index (χ1v) is 9.33. The summed E-state index contributed by atoms with van der Waals surface area (Å²) in [5, 5.41) is 3.04. The minimum atomic E-state index is -0.224. The Morgan fingerprint density at radius 1 is 0.962 bits per heavy atom. The van der Waals surface area contributed by atoms with E-state index in [1.807, 2.05) is 4.90 Å². The highest BCUT2D eigenvalue weighted by Gasteiger charge is 2.21. The number of carbonyl (C=O) groups excluding carboxylic acids is 1. The summed E-state index contributed by atoms with van der Waals surface area (Å²) in [6.45, 7) is 3.45. The molecule has 2 aliphatic rings. The second-order valence-corrected chi connectivity index (χ2v) is 7.07. The van der Waals surface area contributed by atoms with Crippen molar-refractivity contribution in [1.29, 1.82) is 0 Å². The number of anilines is 1. The topological polar surface area (TPSA) is 35.6 Å². The number of nitrogens with zero attached hydrogens (tertiary/aromatic N) is 2. The molecule has 0 unspecified atom stereocenters. The van der Waals surface area contributed by atoms with Crippen LogP contribution < -0.4 is 10.2 Å². The third kappa shape index (κ3) is 3.66.